The fraction of sp³-hybridized carbons (Fsp3) is 0.688. The SMILES string of the molecule is CC(=O)c1ccc2n1C(C)(C)CN(C)C21CCNCC1.Cl.Cl. The monoisotopic (exact) mass is 347 g/mol. The minimum Gasteiger partial charge on any atom is -0.334 e. The number of likely N-dealkylation sites (N-methyl/N-ethyl adjacent to an activating group) is 1. The van der Waals surface area contributed by atoms with Crippen molar-refractivity contribution in [1.29, 1.82) is 0 Å². The third-order valence-corrected chi connectivity index (χ3v) is 5.11. The molecule has 0 aromatic carbocycles. The summed E-state index contributed by atoms with van der Waals surface area (Å²) in [5, 5.41) is 3.46. The first-order valence-electron chi connectivity index (χ1n) is 7.54. The summed E-state index contributed by atoms with van der Waals surface area (Å²) in [5.74, 6) is 0.165. The first-order valence-corrected chi connectivity index (χ1v) is 7.54. The Morgan fingerprint density at radius 1 is 1.18 bits per heavy atom. The van der Waals surface area contributed by atoms with Crippen molar-refractivity contribution < 1.29 is 4.79 Å². The van der Waals surface area contributed by atoms with E-state index >= 15 is 0 Å². The molecule has 22 heavy (non-hydrogen) atoms. The van der Waals surface area contributed by atoms with Gasteiger partial charge in [-0.3, -0.25) is 9.69 Å². The summed E-state index contributed by atoms with van der Waals surface area (Å²) < 4.78 is 2.31. The maximum Gasteiger partial charge on any atom is 0.176 e. The highest BCUT2D eigenvalue weighted by molar-refractivity contribution is 5.93. The maximum absolute atomic E-state index is 12.0. The predicted octanol–water partition coefficient (Wildman–Crippen LogP) is 2.79. The van der Waals surface area contributed by atoms with Crippen molar-refractivity contribution in [1.82, 2.24) is 14.8 Å². The van der Waals surface area contributed by atoms with Crippen molar-refractivity contribution in [3.05, 3.63) is 23.5 Å². The largest absolute Gasteiger partial charge is 0.334 e. The van der Waals surface area contributed by atoms with Crippen LogP contribution < -0.4 is 5.32 Å². The lowest BCUT2D eigenvalue weighted by atomic mass is 9.79. The first-order chi connectivity index (χ1) is 9.38. The van der Waals surface area contributed by atoms with Crippen LogP contribution in [0.1, 0.15) is 49.8 Å². The van der Waals surface area contributed by atoms with E-state index in [1.165, 1.54) is 5.69 Å². The Hall–Kier alpha value is -0.550. The second-order valence-corrected chi connectivity index (χ2v) is 6.95. The van der Waals surface area contributed by atoms with Crippen LogP contribution in [-0.2, 0) is 11.1 Å². The fourth-order valence-corrected chi connectivity index (χ4v) is 4.20. The van der Waals surface area contributed by atoms with Gasteiger partial charge >= 0.3 is 0 Å². The molecular weight excluding hydrogens is 321 g/mol. The van der Waals surface area contributed by atoms with E-state index in [1.807, 2.05) is 6.07 Å². The second-order valence-electron chi connectivity index (χ2n) is 6.95. The molecule has 2 aliphatic heterocycles. The van der Waals surface area contributed by atoms with E-state index in [1.54, 1.807) is 6.92 Å². The smallest absolute Gasteiger partial charge is 0.176 e. The van der Waals surface area contributed by atoms with Gasteiger partial charge in [-0.15, -0.1) is 24.8 Å². The minimum atomic E-state index is -0.0370. The van der Waals surface area contributed by atoms with E-state index in [9.17, 15) is 4.79 Å². The van der Waals surface area contributed by atoms with E-state index in [0.29, 0.717) is 0 Å². The lowest BCUT2D eigenvalue weighted by molar-refractivity contribution is 0.00685. The average molecular weight is 348 g/mol. The molecule has 1 fully saturated rings. The molecule has 0 radical (unpaired) electrons. The molecule has 1 saturated heterocycles. The zero-order valence-electron chi connectivity index (χ0n) is 13.8. The van der Waals surface area contributed by atoms with Crippen molar-refractivity contribution in [2.45, 2.75) is 44.7 Å². The molecule has 0 aliphatic carbocycles. The normalized spacial score (nSPS) is 22.4. The second kappa shape index (κ2) is 6.52. The van der Waals surface area contributed by atoms with Gasteiger partial charge in [-0.05, 0) is 59.0 Å². The zero-order valence-corrected chi connectivity index (χ0v) is 15.4. The van der Waals surface area contributed by atoms with E-state index in [-0.39, 0.29) is 41.7 Å². The van der Waals surface area contributed by atoms with Gasteiger partial charge in [0.2, 0.25) is 0 Å². The molecule has 1 N–H and O–H groups in total. The summed E-state index contributed by atoms with van der Waals surface area (Å²) in [6.45, 7) is 9.21. The van der Waals surface area contributed by atoms with Gasteiger partial charge in [0.15, 0.2) is 5.78 Å². The molecule has 1 spiro atoms. The van der Waals surface area contributed by atoms with Gasteiger partial charge in [0.05, 0.1) is 16.8 Å². The standard InChI is InChI=1S/C16H25N3O.2ClH/c1-12(20)13-5-6-14-16(7-9-17-10-8-16)18(4)11-15(2,3)19(13)14;;/h5-6,17H,7-11H2,1-4H3;2*1H. The quantitative estimate of drug-likeness (QED) is 0.793. The van der Waals surface area contributed by atoms with Crippen LogP contribution in [0.2, 0.25) is 0 Å². The minimum absolute atomic E-state index is 0. The predicted molar refractivity (Wildman–Crippen MR) is 94.7 cm³/mol. The number of nitrogens with zero attached hydrogens (tertiary/aromatic N) is 2. The molecule has 0 atom stereocenters. The van der Waals surface area contributed by atoms with Gasteiger partial charge in [0.1, 0.15) is 0 Å². The Kier molecular flexibility index (Phi) is 5.78. The number of carbonyl (C=O) groups excluding carboxylic acids is 1. The number of nitrogens with one attached hydrogen (secondary N) is 1. The Morgan fingerprint density at radius 3 is 2.32 bits per heavy atom. The van der Waals surface area contributed by atoms with Crippen molar-refractivity contribution >= 4 is 30.6 Å². The number of hydrogen-bond acceptors (Lipinski definition) is 3. The zero-order chi connectivity index (χ0) is 14.5. The lowest BCUT2D eigenvalue weighted by Gasteiger charge is -2.54. The summed E-state index contributed by atoms with van der Waals surface area (Å²) in [7, 11) is 2.23. The molecule has 0 unspecified atom stereocenters. The highest BCUT2D eigenvalue weighted by atomic mass is 35.5. The van der Waals surface area contributed by atoms with Crippen LogP contribution >= 0.6 is 24.8 Å². The van der Waals surface area contributed by atoms with Crippen LogP contribution in [0.5, 0.6) is 0 Å². The van der Waals surface area contributed by atoms with Crippen LogP contribution in [0.15, 0.2) is 12.1 Å². The van der Waals surface area contributed by atoms with Crippen molar-refractivity contribution in [2.75, 3.05) is 26.7 Å². The molecule has 126 valence electrons. The molecule has 1 aromatic rings. The molecule has 0 saturated carbocycles. The van der Waals surface area contributed by atoms with Crippen LogP contribution in [0, 0.1) is 0 Å². The van der Waals surface area contributed by atoms with Crippen LogP contribution in [0.4, 0.5) is 0 Å². The Labute approximate surface area is 145 Å². The lowest BCUT2D eigenvalue weighted by Crippen LogP contribution is -2.60. The van der Waals surface area contributed by atoms with Gasteiger partial charge in [-0.1, -0.05) is 0 Å². The highest BCUT2D eigenvalue weighted by Crippen LogP contribution is 2.44. The van der Waals surface area contributed by atoms with E-state index in [4.69, 9.17) is 0 Å². The third kappa shape index (κ3) is 2.71. The molecular formula is C16H27Cl2N3O. The summed E-state index contributed by atoms with van der Waals surface area (Å²) >= 11 is 0. The summed E-state index contributed by atoms with van der Waals surface area (Å²) in [4.78, 5) is 14.5. The number of piperidine rings is 1. The number of hydrogen-bond donors (Lipinski definition) is 1. The molecule has 6 heteroatoms. The summed E-state index contributed by atoms with van der Waals surface area (Å²) in [6.07, 6.45) is 2.22. The Bertz CT molecular complexity index is 548. The Morgan fingerprint density at radius 2 is 1.77 bits per heavy atom. The van der Waals surface area contributed by atoms with Gasteiger partial charge in [0, 0.05) is 19.2 Å². The number of carbonyl (C=O) groups is 1. The van der Waals surface area contributed by atoms with E-state index in [0.717, 1.165) is 38.2 Å². The van der Waals surface area contributed by atoms with Gasteiger partial charge in [-0.25, -0.2) is 0 Å². The molecule has 0 amide bonds. The van der Waals surface area contributed by atoms with Crippen LogP contribution in [0.25, 0.3) is 0 Å². The number of fused-ring (bicyclic) bond motifs is 2. The molecule has 1 aromatic heterocycles. The van der Waals surface area contributed by atoms with Gasteiger partial charge < -0.3 is 9.88 Å². The summed E-state index contributed by atoms with van der Waals surface area (Å²) in [6, 6.07) is 4.20. The van der Waals surface area contributed by atoms with Crippen LogP contribution in [-0.4, -0.2) is 41.9 Å². The summed E-state index contributed by atoms with van der Waals surface area (Å²) in [5.41, 5.74) is 2.23. The van der Waals surface area contributed by atoms with Crippen LogP contribution in [0.3, 0.4) is 0 Å². The van der Waals surface area contributed by atoms with E-state index < -0.39 is 0 Å². The first kappa shape index (κ1) is 19.5. The number of aromatic nitrogens is 1. The fourth-order valence-electron chi connectivity index (χ4n) is 4.20. The molecule has 3 rings (SSSR count). The van der Waals surface area contributed by atoms with Crippen molar-refractivity contribution in [3.63, 3.8) is 0 Å². The molecule has 0 bridgehead atoms. The average Bonchev–Trinajstić information content (AvgIpc) is 2.84. The topological polar surface area (TPSA) is 37.3 Å². The van der Waals surface area contributed by atoms with Crippen molar-refractivity contribution in [3.8, 4) is 0 Å². The van der Waals surface area contributed by atoms with Crippen molar-refractivity contribution in [2.24, 2.45) is 0 Å². The number of halogens is 2. The van der Waals surface area contributed by atoms with Gasteiger partial charge in [0.25, 0.3) is 0 Å². The number of Topliss-reactive ketones (excluding diaryl/α,β-unsaturated/α-hetero) is 1. The number of ketones is 1. The maximum atomic E-state index is 12.0. The number of rotatable bonds is 1. The molecule has 2 aliphatic rings. The van der Waals surface area contributed by atoms with E-state index in [2.05, 4.69) is 41.7 Å². The van der Waals surface area contributed by atoms with Gasteiger partial charge in [-0.2, -0.15) is 0 Å². The molecule has 3 heterocycles. The third-order valence-electron chi connectivity index (χ3n) is 5.11. The Balaban J connectivity index is 0.00000121. The molecule has 4 nitrogen and oxygen atoms in total. The highest BCUT2D eigenvalue weighted by Gasteiger charge is 2.48.